The highest BCUT2D eigenvalue weighted by Crippen LogP contribution is 2.35. The molecule has 0 spiro atoms. The van der Waals surface area contributed by atoms with Crippen molar-refractivity contribution in [3.05, 3.63) is 52.6 Å². The Bertz CT molecular complexity index is 946. The number of hydrogen-bond acceptors (Lipinski definition) is 5. The number of alkyl halides is 3. The summed E-state index contributed by atoms with van der Waals surface area (Å²) < 4.78 is 42.1. The lowest BCUT2D eigenvalue weighted by atomic mass is 10.2. The van der Waals surface area contributed by atoms with E-state index in [1.165, 1.54) is 39.4 Å². The zero-order valence-electron chi connectivity index (χ0n) is 12.8. The van der Waals surface area contributed by atoms with E-state index in [9.17, 15) is 18.0 Å². The minimum absolute atomic E-state index is 0.0296. The Kier molecular flexibility index (Phi) is 3.74. The van der Waals surface area contributed by atoms with Gasteiger partial charge in [0.05, 0.1) is 17.8 Å². The Morgan fingerprint density at radius 3 is 2.71 bits per heavy atom. The van der Waals surface area contributed by atoms with Crippen molar-refractivity contribution in [3.63, 3.8) is 0 Å². The number of pyridine rings is 1. The standard InChI is InChI=1S/C14H13F3N6O/c1-21-5-6-23-11(19-20-12(23)13(21)24)8-22(2)10-3-4-18-7-9(10)14(15,16)17/h3-7H,8H2,1-2H3. The van der Waals surface area contributed by atoms with Gasteiger partial charge in [-0.1, -0.05) is 0 Å². The van der Waals surface area contributed by atoms with Gasteiger partial charge in [0.15, 0.2) is 5.82 Å². The molecule has 0 aliphatic rings. The van der Waals surface area contributed by atoms with E-state index in [0.717, 1.165) is 6.20 Å². The van der Waals surface area contributed by atoms with Gasteiger partial charge in [0.1, 0.15) is 0 Å². The van der Waals surface area contributed by atoms with Gasteiger partial charge in [-0.2, -0.15) is 13.2 Å². The second-order valence-electron chi connectivity index (χ2n) is 5.27. The van der Waals surface area contributed by atoms with E-state index in [1.807, 2.05) is 0 Å². The summed E-state index contributed by atoms with van der Waals surface area (Å²) in [5.41, 5.74) is -1.08. The van der Waals surface area contributed by atoms with Gasteiger partial charge in [-0.25, -0.2) is 0 Å². The smallest absolute Gasteiger partial charge is 0.366 e. The molecule has 0 radical (unpaired) electrons. The molecule has 0 N–H and O–H groups in total. The molecular formula is C14H13F3N6O. The first-order valence-electron chi connectivity index (χ1n) is 6.90. The van der Waals surface area contributed by atoms with E-state index in [2.05, 4.69) is 15.2 Å². The van der Waals surface area contributed by atoms with E-state index in [0.29, 0.717) is 5.82 Å². The summed E-state index contributed by atoms with van der Waals surface area (Å²) in [6.07, 6.45) is 0.690. The molecule has 0 fully saturated rings. The van der Waals surface area contributed by atoms with Crippen LogP contribution in [-0.2, 0) is 19.8 Å². The highest BCUT2D eigenvalue weighted by Gasteiger charge is 2.34. The van der Waals surface area contributed by atoms with Crippen LogP contribution in [0.1, 0.15) is 11.4 Å². The van der Waals surface area contributed by atoms with Crippen LogP contribution in [0.25, 0.3) is 5.65 Å². The zero-order valence-corrected chi connectivity index (χ0v) is 12.8. The predicted molar refractivity (Wildman–Crippen MR) is 79.6 cm³/mol. The summed E-state index contributed by atoms with van der Waals surface area (Å²) >= 11 is 0. The number of aryl methyl sites for hydroxylation is 1. The Morgan fingerprint density at radius 2 is 2.00 bits per heavy atom. The normalized spacial score (nSPS) is 11.9. The molecule has 7 nitrogen and oxygen atoms in total. The Morgan fingerprint density at radius 1 is 1.25 bits per heavy atom. The lowest BCUT2D eigenvalue weighted by Crippen LogP contribution is -2.23. The molecule has 10 heteroatoms. The third-order valence-corrected chi connectivity index (χ3v) is 3.61. The first kappa shape index (κ1) is 16.0. The molecule has 3 rings (SSSR count). The minimum Gasteiger partial charge on any atom is -0.366 e. The van der Waals surface area contributed by atoms with Crippen LogP contribution in [0.2, 0.25) is 0 Å². The molecule has 0 amide bonds. The number of nitrogens with zero attached hydrogens (tertiary/aromatic N) is 6. The highest BCUT2D eigenvalue weighted by atomic mass is 19.4. The molecule has 0 aliphatic carbocycles. The number of anilines is 1. The van der Waals surface area contributed by atoms with Crippen molar-refractivity contribution in [3.8, 4) is 0 Å². The maximum Gasteiger partial charge on any atom is 0.419 e. The van der Waals surface area contributed by atoms with Crippen molar-refractivity contribution in [2.45, 2.75) is 12.7 Å². The molecule has 0 saturated carbocycles. The molecule has 0 bridgehead atoms. The number of rotatable bonds is 3. The second-order valence-corrected chi connectivity index (χ2v) is 5.27. The van der Waals surface area contributed by atoms with E-state index in [1.54, 1.807) is 13.2 Å². The third-order valence-electron chi connectivity index (χ3n) is 3.61. The van der Waals surface area contributed by atoms with E-state index in [4.69, 9.17) is 0 Å². The second kappa shape index (κ2) is 5.62. The average Bonchev–Trinajstić information content (AvgIpc) is 2.93. The fourth-order valence-electron chi connectivity index (χ4n) is 2.36. The van der Waals surface area contributed by atoms with Gasteiger partial charge in [-0.3, -0.25) is 14.2 Å². The van der Waals surface area contributed by atoms with Gasteiger partial charge in [-0.05, 0) is 6.07 Å². The molecule has 0 unspecified atom stereocenters. The third kappa shape index (κ3) is 2.70. The van der Waals surface area contributed by atoms with Crippen molar-refractivity contribution < 1.29 is 13.2 Å². The number of halogens is 3. The van der Waals surface area contributed by atoms with E-state index < -0.39 is 11.7 Å². The Balaban J connectivity index is 1.99. The van der Waals surface area contributed by atoms with Crippen molar-refractivity contribution in [1.29, 1.82) is 0 Å². The molecule has 0 aliphatic heterocycles. The van der Waals surface area contributed by atoms with Crippen LogP contribution in [-0.4, -0.2) is 31.2 Å². The summed E-state index contributed by atoms with van der Waals surface area (Å²) in [6.45, 7) is 0.0431. The highest BCUT2D eigenvalue weighted by molar-refractivity contribution is 5.53. The van der Waals surface area contributed by atoms with Crippen molar-refractivity contribution >= 4 is 11.3 Å². The van der Waals surface area contributed by atoms with E-state index in [-0.39, 0.29) is 23.4 Å². The quantitative estimate of drug-likeness (QED) is 0.724. The molecular weight excluding hydrogens is 325 g/mol. The molecule has 24 heavy (non-hydrogen) atoms. The monoisotopic (exact) mass is 338 g/mol. The SMILES string of the molecule is CN(Cc1nnc2c(=O)n(C)ccn12)c1ccncc1C(F)(F)F. The zero-order chi connectivity index (χ0) is 17.5. The molecule has 3 heterocycles. The summed E-state index contributed by atoms with van der Waals surface area (Å²) in [6, 6.07) is 1.28. The molecule has 3 aromatic rings. The number of aromatic nitrogens is 5. The van der Waals surface area contributed by atoms with Crippen LogP contribution in [0.3, 0.4) is 0 Å². The largest absolute Gasteiger partial charge is 0.419 e. The fraction of sp³-hybridized carbons (Fsp3) is 0.286. The fourth-order valence-corrected chi connectivity index (χ4v) is 2.36. The molecule has 0 aromatic carbocycles. The maximum atomic E-state index is 13.1. The van der Waals surface area contributed by atoms with Gasteiger partial charge >= 0.3 is 6.18 Å². The maximum absolute atomic E-state index is 13.1. The first-order valence-corrected chi connectivity index (χ1v) is 6.90. The lowest BCUT2D eigenvalue weighted by molar-refractivity contribution is -0.137. The van der Waals surface area contributed by atoms with Crippen molar-refractivity contribution in [2.75, 3.05) is 11.9 Å². The van der Waals surface area contributed by atoms with E-state index >= 15 is 0 Å². The molecule has 3 aromatic heterocycles. The summed E-state index contributed by atoms with van der Waals surface area (Å²) in [5, 5.41) is 7.73. The topological polar surface area (TPSA) is 68.3 Å². The summed E-state index contributed by atoms with van der Waals surface area (Å²) in [5.74, 6) is 0.357. The Labute approximate surface area is 134 Å². The van der Waals surface area contributed by atoms with Crippen LogP contribution >= 0.6 is 0 Å². The van der Waals surface area contributed by atoms with Crippen LogP contribution in [0.4, 0.5) is 18.9 Å². The van der Waals surface area contributed by atoms with Gasteiger partial charge in [0.2, 0.25) is 5.65 Å². The average molecular weight is 338 g/mol. The van der Waals surface area contributed by atoms with Crippen LogP contribution in [0.15, 0.2) is 35.6 Å². The lowest BCUT2D eigenvalue weighted by Gasteiger charge is -2.22. The molecule has 0 saturated heterocycles. The van der Waals surface area contributed by atoms with Crippen LogP contribution in [0, 0.1) is 0 Å². The minimum atomic E-state index is -4.51. The predicted octanol–water partition coefficient (Wildman–Crippen LogP) is 1.48. The van der Waals surface area contributed by atoms with Crippen LogP contribution in [0.5, 0.6) is 0 Å². The Hall–Kier alpha value is -2.91. The van der Waals surface area contributed by atoms with Crippen molar-refractivity contribution in [1.82, 2.24) is 24.1 Å². The van der Waals surface area contributed by atoms with Crippen LogP contribution < -0.4 is 10.5 Å². The number of hydrogen-bond donors (Lipinski definition) is 0. The number of fused-ring (bicyclic) bond motifs is 1. The van der Waals surface area contributed by atoms with Gasteiger partial charge in [-0.15, -0.1) is 10.2 Å². The summed E-state index contributed by atoms with van der Waals surface area (Å²) in [7, 11) is 3.09. The van der Waals surface area contributed by atoms with Gasteiger partial charge < -0.3 is 9.47 Å². The van der Waals surface area contributed by atoms with Gasteiger partial charge in [0, 0.05) is 38.9 Å². The van der Waals surface area contributed by atoms with Gasteiger partial charge in [0.25, 0.3) is 5.56 Å². The molecule has 126 valence electrons. The first-order chi connectivity index (χ1) is 11.3. The van der Waals surface area contributed by atoms with Crippen molar-refractivity contribution in [2.24, 2.45) is 7.05 Å². The molecule has 0 atom stereocenters. The summed E-state index contributed by atoms with van der Waals surface area (Å²) in [4.78, 5) is 16.9.